The summed E-state index contributed by atoms with van der Waals surface area (Å²) in [5, 5.41) is 0. The summed E-state index contributed by atoms with van der Waals surface area (Å²) in [5.41, 5.74) is 6.93. The van der Waals surface area contributed by atoms with Gasteiger partial charge < -0.3 is 10.5 Å². The molecule has 1 unspecified atom stereocenters. The summed E-state index contributed by atoms with van der Waals surface area (Å²) in [6, 6.07) is 11.3. The van der Waals surface area contributed by atoms with Gasteiger partial charge in [0.25, 0.3) is 0 Å². The van der Waals surface area contributed by atoms with Crippen molar-refractivity contribution in [3.05, 3.63) is 59.7 Å². The van der Waals surface area contributed by atoms with Crippen LogP contribution < -0.4 is 5.73 Å². The van der Waals surface area contributed by atoms with Crippen LogP contribution in [0.5, 0.6) is 0 Å². The molecule has 2 rings (SSSR count). The molecule has 2 aromatic carbocycles. The van der Waals surface area contributed by atoms with Crippen molar-refractivity contribution < 1.29 is 22.7 Å². The molecule has 0 aliphatic carbocycles. The van der Waals surface area contributed by atoms with Crippen LogP contribution >= 0.6 is 0 Å². The zero-order valence-corrected chi connectivity index (χ0v) is 13.1. The number of nitrogens with two attached hydrogens (primary N) is 1. The normalized spacial score (nSPS) is 12.7. The van der Waals surface area contributed by atoms with Crippen LogP contribution in [0.4, 0.5) is 13.2 Å². The van der Waals surface area contributed by atoms with Gasteiger partial charge in [0.2, 0.25) is 0 Å². The molecule has 6 heteroatoms. The molecule has 1 atom stereocenters. The largest absolute Gasteiger partial charge is 0.465 e. The first-order chi connectivity index (χ1) is 11.3. The van der Waals surface area contributed by atoms with E-state index >= 15 is 0 Å². The van der Waals surface area contributed by atoms with Crippen molar-refractivity contribution in [2.75, 3.05) is 6.61 Å². The lowest BCUT2D eigenvalue weighted by atomic mass is 9.98. The van der Waals surface area contributed by atoms with Crippen LogP contribution in [0.15, 0.2) is 48.5 Å². The summed E-state index contributed by atoms with van der Waals surface area (Å²) >= 11 is 0. The van der Waals surface area contributed by atoms with Gasteiger partial charge in [0.1, 0.15) is 6.04 Å². The Morgan fingerprint density at radius 2 is 1.75 bits per heavy atom. The Labute approximate surface area is 138 Å². The topological polar surface area (TPSA) is 52.3 Å². The van der Waals surface area contributed by atoms with Gasteiger partial charge in [-0.3, -0.25) is 4.79 Å². The summed E-state index contributed by atoms with van der Waals surface area (Å²) in [6.07, 6.45) is -4.13. The van der Waals surface area contributed by atoms with Crippen LogP contribution in [0.25, 0.3) is 11.1 Å². The van der Waals surface area contributed by atoms with E-state index < -0.39 is 23.8 Å². The fourth-order valence-electron chi connectivity index (χ4n) is 2.34. The minimum absolute atomic E-state index is 0.247. The van der Waals surface area contributed by atoms with Gasteiger partial charge in [-0.25, -0.2) is 0 Å². The number of carbonyl (C=O) groups is 1. The molecule has 0 saturated carbocycles. The zero-order valence-electron chi connectivity index (χ0n) is 13.1. The van der Waals surface area contributed by atoms with Crippen molar-refractivity contribution in [1.82, 2.24) is 0 Å². The van der Waals surface area contributed by atoms with Crippen LogP contribution in [0.2, 0.25) is 0 Å². The molecule has 0 spiro atoms. The average Bonchev–Trinajstić information content (AvgIpc) is 2.54. The molecule has 128 valence electrons. The van der Waals surface area contributed by atoms with E-state index in [-0.39, 0.29) is 13.0 Å². The Bertz CT molecular complexity index is 713. The Kier molecular flexibility index (Phi) is 5.62. The van der Waals surface area contributed by atoms with E-state index in [9.17, 15) is 18.0 Å². The molecule has 0 fully saturated rings. The molecule has 24 heavy (non-hydrogen) atoms. The second-order valence-electron chi connectivity index (χ2n) is 5.34. The van der Waals surface area contributed by atoms with Gasteiger partial charge in [-0.2, -0.15) is 13.2 Å². The van der Waals surface area contributed by atoms with Crippen LogP contribution in [-0.4, -0.2) is 18.6 Å². The van der Waals surface area contributed by atoms with E-state index in [0.717, 1.165) is 17.7 Å². The molecule has 2 aromatic rings. The number of halogens is 3. The number of hydrogen-bond acceptors (Lipinski definition) is 3. The SMILES string of the molecule is CCOC(=O)C(N)Cc1cccc(-c2cccc(C(F)(F)F)c2)c1. The van der Waals surface area contributed by atoms with Crippen LogP contribution in [0.1, 0.15) is 18.1 Å². The lowest BCUT2D eigenvalue weighted by molar-refractivity contribution is -0.144. The summed E-state index contributed by atoms with van der Waals surface area (Å²) in [6.45, 7) is 1.94. The molecular formula is C18H18F3NO2. The minimum Gasteiger partial charge on any atom is -0.465 e. The highest BCUT2D eigenvalue weighted by Crippen LogP contribution is 2.32. The van der Waals surface area contributed by atoms with E-state index in [2.05, 4.69) is 0 Å². The van der Waals surface area contributed by atoms with E-state index in [1.165, 1.54) is 6.07 Å². The van der Waals surface area contributed by atoms with Crippen molar-refractivity contribution in [2.24, 2.45) is 5.73 Å². The molecular weight excluding hydrogens is 319 g/mol. The Morgan fingerprint density at radius 1 is 1.12 bits per heavy atom. The lowest BCUT2D eigenvalue weighted by Gasteiger charge is -2.12. The van der Waals surface area contributed by atoms with Crippen LogP contribution in [0.3, 0.4) is 0 Å². The van der Waals surface area contributed by atoms with Gasteiger partial charge in [-0.05, 0) is 42.2 Å². The smallest absolute Gasteiger partial charge is 0.416 e. The number of alkyl halides is 3. The molecule has 0 radical (unpaired) electrons. The minimum atomic E-state index is -4.39. The second kappa shape index (κ2) is 7.49. The third-order valence-corrected chi connectivity index (χ3v) is 3.50. The fraction of sp³-hybridized carbons (Fsp3) is 0.278. The van der Waals surface area contributed by atoms with Crippen LogP contribution in [-0.2, 0) is 22.1 Å². The van der Waals surface area contributed by atoms with E-state index in [1.54, 1.807) is 37.3 Å². The van der Waals surface area contributed by atoms with Gasteiger partial charge >= 0.3 is 12.1 Å². The lowest BCUT2D eigenvalue weighted by Crippen LogP contribution is -2.34. The third-order valence-electron chi connectivity index (χ3n) is 3.50. The maximum Gasteiger partial charge on any atom is 0.416 e. The quantitative estimate of drug-likeness (QED) is 0.844. The zero-order chi connectivity index (χ0) is 17.7. The van der Waals surface area contributed by atoms with Gasteiger partial charge in [-0.15, -0.1) is 0 Å². The van der Waals surface area contributed by atoms with Gasteiger partial charge in [0.15, 0.2) is 0 Å². The van der Waals surface area contributed by atoms with E-state index in [0.29, 0.717) is 11.1 Å². The first-order valence-corrected chi connectivity index (χ1v) is 7.50. The van der Waals surface area contributed by atoms with Gasteiger partial charge in [0.05, 0.1) is 12.2 Å². The second-order valence-corrected chi connectivity index (χ2v) is 5.34. The maximum absolute atomic E-state index is 12.8. The highest BCUT2D eigenvalue weighted by Gasteiger charge is 2.30. The van der Waals surface area contributed by atoms with Crippen molar-refractivity contribution in [3.63, 3.8) is 0 Å². The number of carbonyl (C=O) groups excluding carboxylic acids is 1. The number of hydrogen-bond donors (Lipinski definition) is 1. The monoisotopic (exact) mass is 337 g/mol. The Hall–Kier alpha value is -2.34. The number of esters is 1. The molecule has 3 nitrogen and oxygen atoms in total. The van der Waals surface area contributed by atoms with Crippen molar-refractivity contribution in [1.29, 1.82) is 0 Å². The number of ether oxygens (including phenoxy) is 1. The van der Waals surface area contributed by atoms with Gasteiger partial charge in [0, 0.05) is 0 Å². The molecule has 0 amide bonds. The molecule has 0 aromatic heterocycles. The summed E-state index contributed by atoms with van der Waals surface area (Å²) in [5.74, 6) is -0.498. The molecule has 0 aliphatic rings. The molecule has 0 aliphatic heterocycles. The van der Waals surface area contributed by atoms with Crippen molar-refractivity contribution in [3.8, 4) is 11.1 Å². The highest BCUT2D eigenvalue weighted by molar-refractivity contribution is 5.76. The highest BCUT2D eigenvalue weighted by atomic mass is 19.4. The van der Waals surface area contributed by atoms with Crippen molar-refractivity contribution >= 4 is 5.97 Å². The molecule has 0 bridgehead atoms. The molecule has 2 N–H and O–H groups in total. The standard InChI is InChI=1S/C18H18F3NO2/c1-2-24-17(23)16(22)10-12-5-3-6-13(9-12)14-7-4-8-15(11-14)18(19,20)21/h3-9,11,16H,2,10,22H2,1H3. The Balaban J connectivity index is 2.23. The summed E-state index contributed by atoms with van der Waals surface area (Å²) in [7, 11) is 0. The molecule has 0 saturated heterocycles. The summed E-state index contributed by atoms with van der Waals surface area (Å²) in [4.78, 5) is 11.6. The van der Waals surface area contributed by atoms with E-state index in [1.807, 2.05) is 0 Å². The van der Waals surface area contributed by atoms with Crippen LogP contribution in [0, 0.1) is 0 Å². The van der Waals surface area contributed by atoms with Crippen molar-refractivity contribution in [2.45, 2.75) is 25.6 Å². The fourth-order valence-corrected chi connectivity index (χ4v) is 2.34. The van der Waals surface area contributed by atoms with Gasteiger partial charge in [-0.1, -0.05) is 36.4 Å². The maximum atomic E-state index is 12.8. The van der Waals surface area contributed by atoms with E-state index in [4.69, 9.17) is 10.5 Å². The average molecular weight is 337 g/mol. The molecule has 0 heterocycles. The summed E-state index contributed by atoms with van der Waals surface area (Å²) < 4.78 is 43.3. The number of benzene rings is 2. The first kappa shape index (κ1) is 18.0. The number of rotatable bonds is 5. The third kappa shape index (κ3) is 4.58. The predicted molar refractivity (Wildman–Crippen MR) is 85.2 cm³/mol. The Morgan fingerprint density at radius 3 is 2.38 bits per heavy atom. The first-order valence-electron chi connectivity index (χ1n) is 7.50. The predicted octanol–water partition coefficient (Wildman–Crippen LogP) is 3.81.